The maximum Gasteiger partial charge on any atom is 0.256 e. The van der Waals surface area contributed by atoms with Gasteiger partial charge in [-0.2, -0.15) is 0 Å². The third kappa shape index (κ3) is 5.23. The molecule has 0 aliphatic carbocycles. The van der Waals surface area contributed by atoms with Gasteiger partial charge in [0.05, 0.1) is 19.8 Å². The van der Waals surface area contributed by atoms with E-state index < -0.39 is 17.6 Å². The summed E-state index contributed by atoms with van der Waals surface area (Å²) in [5, 5.41) is 2.94. The van der Waals surface area contributed by atoms with Gasteiger partial charge in [-0.1, -0.05) is 0 Å². The van der Waals surface area contributed by atoms with Crippen LogP contribution in [-0.2, 0) is 14.3 Å². The first-order chi connectivity index (χ1) is 18.4. The van der Waals surface area contributed by atoms with Crippen molar-refractivity contribution in [3.05, 3.63) is 65.5 Å². The molecule has 2 atom stereocenters. The minimum atomic E-state index is -1.03. The summed E-state index contributed by atoms with van der Waals surface area (Å²) in [5.41, 5.74) is -0.215. The quantitative estimate of drug-likeness (QED) is 0.623. The molecule has 3 saturated heterocycles. The minimum Gasteiger partial charge on any atom is -0.497 e. The summed E-state index contributed by atoms with van der Waals surface area (Å²) in [5.74, 6) is -0.607. The van der Waals surface area contributed by atoms with Gasteiger partial charge in [-0.15, -0.1) is 0 Å². The van der Waals surface area contributed by atoms with Crippen LogP contribution in [0.1, 0.15) is 46.4 Å². The van der Waals surface area contributed by atoms with Crippen molar-refractivity contribution < 1.29 is 33.0 Å². The van der Waals surface area contributed by atoms with Gasteiger partial charge >= 0.3 is 0 Å². The summed E-state index contributed by atoms with van der Waals surface area (Å²) >= 11 is 0. The van der Waals surface area contributed by atoms with Crippen LogP contribution < -0.4 is 10.1 Å². The molecule has 0 saturated carbocycles. The number of carbonyl (C=O) groups excluding carboxylic acids is 3. The van der Waals surface area contributed by atoms with Crippen LogP contribution >= 0.6 is 0 Å². The monoisotopic (exact) mass is 525 g/mol. The van der Waals surface area contributed by atoms with E-state index in [2.05, 4.69) is 5.32 Å². The first-order valence-corrected chi connectivity index (χ1v) is 13.0. The zero-order chi connectivity index (χ0) is 26.7. The molecule has 38 heavy (non-hydrogen) atoms. The largest absolute Gasteiger partial charge is 0.497 e. The highest BCUT2D eigenvalue weighted by atomic mass is 19.1. The Morgan fingerprint density at radius 1 is 1.03 bits per heavy atom. The minimum absolute atomic E-state index is 0.0262. The summed E-state index contributed by atoms with van der Waals surface area (Å²) in [7, 11) is 1.55. The van der Waals surface area contributed by atoms with Crippen LogP contribution in [0.4, 0.5) is 4.39 Å². The molecule has 9 nitrogen and oxygen atoms in total. The van der Waals surface area contributed by atoms with Gasteiger partial charge in [0.15, 0.2) is 0 Å². The number of likely N-dealkylation sites (tertiary alicyclic amines) is 1. The van der Waals surface area contributed by atoms with E-state index in [0.29, 0.717) is 56.0 Å². The molecular weight excluding hydrogens is 493 g/mol. The predicted molar refractivity (Wildman–Crippen MR) is 135 cm³/mol. The number of amides is 3. The van der Waals surface area contributed by atoms with Gasteiger partial charge in [0.2, 0.25) is 5.91 Å². The number of rotatable bonds is 6. The van der Waals surface area contributed by atoms with Crippen LogP contribution in [0.2, 0.25) is 0 Å². The third-order valence-electron chi connectivity index (χ3n) is 7.57. The highest BCUT2D eigenvalue weighted by Crippen LogP contribution is 2.39. The fourth-order valence-electron chi connectivity index (χ4n) is 5.41. The number of methoxy groups -OCH3 is 1. The Labute approximate surface area is 220 Å². The summed E-state index contributed by atoms with van der Waals surface area (Å²) in [6, 6.07) is 11.4. The summed E-state index contributed by atoms with van der Waals surface area (Å²) < 4.78 is 30.4. The van der Waals surface area contributed by atoms with E-state index in [4.69, 9.17) is 14.2 Å². The normalized spacial score (nSPS) is 22.5. The van der Waals surface area contributed by atoms with Gasteiger partial charge in [-0.3, -0.25) is 19.3 Å². The van der Waals surface area contributed by atoms with Crippen LogP contribution in [0.25, 0.3) is 0 Å². The number of ether oxygens (including phenoxy) is 3. The van der Waals surface area contributed by atoms with E-state index in [0.717, 1.165) is 12.8 Å². The molecule has 5 rings (SSSR count). The second kappa shape index (κ2) is 11.1. The van der Waals surface area contributed by atoms with Gasteiger partial charge in [-0.05, 0) is 61.4 Å². The van der Waals surface area contributed by atoms with Crippen molar-refractivity contribution in [3.8, 4) is 5.75 Å². The average Bonchev–Trinajstić information content (AvgIpc) is 3.60. The molecule has 0 unspecified atom stereocenters. The van der Waals surface area contributed by atoms with E-state index in [-0.39, 0.29) is 30.4 Å². The van der Waals surface area contributed by atoms with E-state index >= 15 is 0 Å². The highest BCUT2D eigenvalue weighted by Gasteiger charge is 2.54. The molecule has 0 radical (unpaired) electrons. The Bertz CT molecular complexity index is 1160. The maximum absolute atomic E-state index is 13.8. The number of hydrogen-bond donors (Lipinski definition) is 1. The zero-order valence-electron chi connectivity index (χ0n) is 21.4. The first kappa shape index (κ1) is 26.1. The fraction of sp³-hybridized carbons (Fsp3) is 0.464. The van der Waals surface area contributed by atoms with Crippen molar-refractivity contribution in [3.63, 3.8) is 0 Å². The Balaban J connectivity index is 1.34. The number of nitrogens with one attached hydrogen (secondary N) is 1. The van der Waals surface area contributed by atoms with Crippen molar-refractivity contribution in [2.45, 2.75) is 43.6 Å². The Morgan fingerprint density at radius 2 is 1.68 bits per heavy atom. The van der Waals surface area contributed by atoms with Gasteiger partial charge in [-0.25, -0.2) is 4.39 Å². The molecule has 3 heterocycles. The second-order valence-corrected chi connectivity index (χ2v) is 9.86. The molecule has 0 aromatic heterocycles. The Morgan fingerprint density at radius 3 is 2.32 bits per heavy atom. The lowest BCUT2D eigenvalue weighted by Crippen LogP contribution is -2.60. The molecule has 1 spiro atoms. The lowest BCUT2D eigenvalue weighted by atomic mass is 9.96. The van der Waals surface area contributed by atoms with Crippen LogP contribution in [0.15, 0.2) is 48.5 Å². The van der Waals surface area contributed by atoms with Gasteiger partial charge < -0.3 is 24.4 Å². The average molecular weight is 526 g/mol. The zero-order valence-corrected chi connectivity index (χ0v) is 21.4. The standard InChI is InChI=1S/C28H32FN3O6/c1-36-22-10-6-20(7-11-22)27(35)32-24(25(33)30-17-23-3-2-16-37-23)18-38-28(32)12-14-31(15-13-28)26(34)19-4-8-21(29)9-5-19/h4-11,23-24H,2-3,12-18H2,1H3,(H,30,33)/t23-,24-/m0/s1. The number of nitrogens with zero attached hydrogens (tertiary/aromatic N) is 2. The summed E-state index contributed by atoms with van der Waals surface area (Å²) in [4.78, 5) is 43.4. The number of halogens is 1. The molecular formula is C28H32FN3O6. The molecule has 2 aromatic rings. The van der Waals surface area contributed by atoms with Crippen molar-refractivity contribution in [2.24, 2.45) is 0 Å². The number of carbonyl (C=O) groups is 3. The van der Waals surface area contributed by atoms with Gasteiger partial charge in [0, 0.05) is 50.2 Å². The predicted octanol–water partition coefficient (Wildman–Crippen LogP) is 2.60. The van der Waals surface area contributed by atoms with Crippen LogP contribution in [0, 0.1) is 5.82 Å². The Kier molecular flexibility index (Phi) is 7.62. The molecule has 3 aliphatic heterocycles. The Hall–Kier alpha value is -3.50. The van der Waals surface area contributed by atoms with E-state index in [1.807, 2.05) is 0 Å². The molecule has 10 heteroatoms. The van der Waals surface area contributed by atoms with Crippen molar-refractivity contribution >= 4 is 17.7 Å². The lowest BCUT2D eigenvalue weighted by Gasteiger charge is -2.44. The maximum atomic E-state index is 13.8. The molecule has 3 aliphatic rings. The second-order valence-electron chi connectivity index (χ2n) is 9.86. The highest BCUT2D eigenvalue weighted by molar-refractivity contribution is 5.99. The molecule has 3 fully saturated rings. The van der Waals surface area contributed by atoms with Crippen molar-refractivity contribution in [1.29, 1.82) is 0 Å². The number of hydrogen-bond acceptors (Lipinski definition) is 6. The first-order valence-electron chi connectivity index (χ1n) is 13.0. The smallest absolute Gasteiger partial charge is 0.256 e. The van der Waals surface area contributed by atoms with Crippen LogP contribution in [0.5, 0.6) is 5.75 Å². The van der Waals surface area contributed by atoms with Gasteiger partial charge in [0.25, 0.3) is 11.8 Å². The molecule has 0 bridgehead atoms. The number of benzene rings is 2. The molecule has 202 valence electrons. The fourth-order valence-corrected chi connectivity index (χ4v) is 5.41. The van der Waals surface area contributed by atoms with Gasteiger partial charge in [0.1, 0.15) is 23.3 Å². The SMILES string of the molecule is COc1ccc(C(=O)N2[C@H](C(=O)NC[C@@H]3CCCO3)COC23CCN(C(=O)c2ccc(F)cc2)CC3)cc1. The summed E-state index contributed by atoms with van der Waals surface area (Å²) in [6.07, 6.45) is 2.51. The third-order valence-corrected chi connectivity index (χ3v) is 7.57. The summed E-state index contributed by atoms with van der Waals surface area (Å²) in [6.45, 7) is 1.78. The molecule has 3 amide bonds. The lowest BCUT2D eigenvalue weighted by molar-refractivity contribution is -0.128. The number of piperidine rings is 1. The van der Waals surface area contributed by atoms with Crippen LogP contribution in [-0.4, -0.2) is 85.3 Å². The molecule has 2 aromatic carbocycles. The van der Waals surface area contributed by atoms with Crippen molar-refractivity contribution in [1.82, 2.24) is 15.1 Å². The van der Waals surface area contributed by atoms with Crippen LogP contribution in [0.3, 0.4) is 0 Å². The van der Waals surface area contributed by atoms with E-state index in [9.17, 15) is 18.8 Å². The van der Waals surface area contributed by atoms with E-state index in [1.165, 1.54) is 24.3 Å². The molecule has 1 N–H and O–H groups in total. The topological polar surface area (TPSA) is 97.4 Å². The van der Waals surface area contributed by atoms with E-state index in [1.54, 1.807) is 41.2 Å². The van der Waals surface area contributed by atoms with Crippen molar-refractivity contribution in [2.75, 3.05) is 40.0 Å².